The van der Waals surface area contributed by atoms with Crippen LogP contribution in [0.25, 0.3) is 0 Å². The van der Waals surface area contributed by atoms with Crippen molar-refractivity contribution in [3.8, 4) is 34.8 Å². The van der Waals surface area contributed by atoms with E-state index < -0.39 is 11.8 Å². The highest BCUT2D eigenvalue weighted by molar-refractivity contribution is 5.79. The molecular formula is C29H26N2O7. The van der Waals surface area contributed by atoms with Gasteiger partial charge in [0.15, 0.2) is 23.0 Å². The van der Waals surface area contributed by atoms with Gasteiger partial charge in [-0.2, -0.15) is 5.26 Å². The molecule has 0 saturated carbocycles. The topological polar surface area (TPSA) is 119 Å². The Balaban J connectivity index is 1.48. The van der Waals surface area contributed by atoms with Crippen LogP contribution in [-0.4, -0.2) is 38.7 Å². The number of carbonyl (C=O) groups is 1. The van der Waals surface area contributed by atoms with E-state index >= 15 is 0 Å². The van der Waals surface area contributed by atoms with Crippen LogP contribution in [-0.2, 0) is 16.1 Å². The van der Waals surface area contributed by atoms with Crippen LogP contribution in [0.3, 0.4) is 0 Å². The van der Waals surface area contributed by atoms with Gasteiger partial charge in [0.2, 0.25) is 12.5 Å². The minimum absolute atomic E-state index is 0.106. The van der Waals surface area contributed by atoms with Gasteiger partial charge in [0.1, 0.15) is 0 Å². The number of hydrogen-bond donors (Lipinski definition) is 2. The van der Waals surface area contributed by atoms with Gasteiger partial charge in [0.25, 0.3) is 0 Å². The molecule has 2 aliphatic heterocycles. The predicted molar refractivity (Wildman–Crippen MR) is 134 cm³/mol. The average molecular weight is 515 g/mol. The number of nitrogens with one attached hydrogen (secondary N) is 1. The fourth-order valence-electron chi connectivity index (χ4n) is 5.90. The first-order valence-electron chi connectivity index (χ1n) is 12.3. The molecule has 0 spiro atoms. The SMILES string of the molecule is COc1cc([C@@H]2c3cc4c(cc3[C@@H](NCc3cccc(C#N)c3)C3COC(=O)[C@@H]32)OCO4)cc(OC)c1O. The third-order valence-corrected chi connectivity index (χ3v) is 7.63. The van der Waals surface area contributed by atoms with Gasteiger partial charge in [-0.1, -0.05) is 12.1 Å². The molecular weight excluding hydrogens is 488 g/mol. The molecule has 2 heterocycles. The molecule has 0 radical (unpaired) electrons. The molecule has 0 bridgehead atoms. The van der Waals surface area contributed by atoms with Gasteiger partial charge in [-0.25, -0.2) is 0 Å². The van der Waals surface area contributed by atoms with E-state index in [1.165, 1.54) is 14.2 Å². The first-order valence-corrected chi connectivity index (χ1v) is 12.3. The second-order valence-corrected chi connectivity index (χ2v) is 9.58. The van der Waals surface area contributed by atoms with Crippen LogP contribution in [0.5, 0.6) is 28.7 Å². The van der Waals surface area contributed by atoms with Gasteiger partial charge in [-0.05, 0) is 58.7 Å². The standard InChI is InChI=1S/C29H26N2O7/c1-34-23-7-17(8-24(35-2)28(23)32)25-18-9-21-22(38-14-37-21)10-19(18)27(20-13-36-29(33)26(20)25)31-12-16-5-3-4-15(6-16)11-30/h3-10,20,25-27,31-32H,12-14H2,1-2H3/t20?,25-,26+,27-/m1/s1. The number of nitrogens with zero attached hydrogens (tertiary/aromatic N) is 1. The van der Waals surface area contributed by atoms with Crippen LogP contribution >= 0.6 is 0 Å². The first kappa shape index (κ1) is 23.9. The summed E-state index contributed by atoms with van der Waals surface area (Å²) in [5.74, 6) is 0.294. The lowest BCUT2D eigenvalue weighted by molar-refractivity contribution is -0.141. The number of cyclic esters (lactones) is 1. The number of ether oxygens (including phenoxy) is 5. The van der Waals surface area contributed by atoms with E-state index in [1.807, 2.05) is 30.3 Å². The number of nitriles is 1. The van der Waals surface area contributed by atoms with E-state index in [9.17, 15) is 15.2 Å². The molecule has 1 fully saturated rings. The van der Waals surface area contributed by atoms with E-state index in [2.05, 4.69) is 11.4 Å². The number of methoxy groups -OCH3 is 2. The van der Waals surface area contributed by atoms with E-state index in [0.29, 0.717) is 23.6 Å². The van der Waals surface area contributed by atoms with Gasteiger partial charge in [-0.3, -0.25) is 4.79 Å². The zero-order valence-electron chi connectivity index (χ0n) is 20.9. The fourth-order valence-corrected chi connectivity index (χ4v) is 5.90. The molecule has 0 amide bonds. The summed E-state index contributed by atoms with van der Waals surface area (Å²) in [4.78, 5) is 13.3. The third kappa shape index (κ3) is 3.85. The minimum Gasteiger partial charge on any atom is -0.502 e. The van der Waals surface area contributed by atoms with Crippen LogP contribution in [0.1, 0.15) is 39.8 Å². The van der Waals surface area contributed by atoms with Crippen LogP contribution in [0.4, 0.5) is 0 Å². The van der Waals surface area contributed by atoms with E-state index in [0.717, 1.165) is 22.3 Å². The Morgan fingerprint density at radius 2 is 1.74 bits per heavy atom. The van der Waals surface area contributed by atoms with E-state index in [1.54, 1.807) is 18.2 Å². The Morgan fingerprint density at radius 3 is 2.42 bits per heavy atom. The van der Waals surface area contributed by atoms with Crippen molar-refractivity contribution in [3.63, 3.8) is 0 Å². The number of rotatable bonds is 6. The van der Waals surface area contributed by atoms with Crippen molar-refractivity contribution in [2.24, 2.45) is 11.8 Å². The first-order chi connectivity index (χ1) is 18.5. The summed E-state index contributed by atoms with van der Waals surface area (Å²) in [5.41, 5.74) is 4.17. The predicted octanol–water partition coefficient (Wildman–Crippen LogP) is 3.78. The average Bonchev–Trinajstić information content (AvgIpc) is 3.56. The fraction of sp³-hybridized carbons (Fsp3) is 0.310. The number of fused-ring (bicyclic) bond motifs is 3. The van der Waals surface area contributed by atoms with Crippen molar-refractivity contribution >= 4 is 5.97 Å². The molecule has 2 N–H and O–H groups in total. The normalized spacial score (nSPS) is 22.7. The summed E-state index contributed by atoms with van der Waals surface area (Å²) in [6.45, 7) is 0.880. The maximum absolute atomic E-state index is 13.3. The molecule has 1 saturated heterocycles. The highest BCUT2D eigenvalue weighted by Gasteiger charge is 2.52. The Bertz CT molecular complexity index is 1440. The van der Waals surface area contributed by atoms with Crippen molar-refractivity contribution in [3.05, 3.63) is 76.3 Å². The molecule has 3 aromatic carbocycles. The largest absolute Gasteiger partial charge is 0.502 e. The van der Waals surface area contributed by atoms with E-state index in [-0.39, 0.29) is 48.6 Å². The number of benzene rings is 3. The zero-order valence-corrected chi connectivity index (χ0v) is 20.9. The van der Waals surface area contributed by atoms with Crippen molar-refractivity contribution < 1.29 is 33.6 Å². The number of aromatic hydroxyl groups is 1. The monoisotopic (exact) mass is 514 g/mol. The summed E-state index contributed by atoms with van der Waals surface area (Å²) in [7, 11) is 2.94. The maximum atomic E-state index is 13.3. The number of hydrogen-bond acceptors (Lipinski definition) is 9. The Morgan fingerprint density at radius 1 is 1.03 bits per heavy atom. The Kier molecular flexibility index (Phi) is 5.97. The van der Waals surface area contributed by atoms with Crippen LogP contribution in [0.2, 0.25) is 0 Å². The van der Waals surface area contributed by atoms with Gasteiger partial charge >= 0.3 is 5.97 Å². The van der Waals surface area contributed by atoms with Gasteiger partial charge in [0, 0.05) is 24.4 Å². The van der Waals surface area contributed by atoms with Gasteiger partial charge < -0.3 is 34.1 Å². The lowest BCUT2D eigenvalue weighted by Gasteiger charge is -2.39. The van der Waals surface area contributed by atoms with E-state index in [4.69, 9.17) is 23.7 Å². The van der Waals surface area contributed by atoms with Gasteiger partial charge in [0.05, 0.1) is 38.4 Å². The summed E-state index contributed by atoms with van der Waals surface area (Å²) < 4.78 is 27.9. The van der Waals surface area contributed by atoms with Crippen LogP contribution < -0.4 is 24.3 Å². The summed E-state index contributed by atoms with van der Waals surface area (Å²) in [6, 6.07) is 16.8. The van der Waals surface area contributed by atoms with Crippen molar-refractivity contribution in [2.75, 3.05) is 27.6 Å². The number of phenols is 1. The second kappa shape index (κ2) is 9.47. The summed E-state index contributed by atoms with van der Waals surface area (Å²) in [5, 5.41) is 23.4. The summed E-state index contributed by atoms with van der Waals surface area (Å²) >= 11 is 0. The van der Waals surface area contributed by atoms with Crippen LogP contribution in [0.15, 0.2) is 48.5 Å². The number of phenolic OH excluding ortho intramolecular Hbond substituents is 1. The van der Waals surface area contributed by atoms with Crippen LogP contribution in [0, 0.1) is 23.2 Å². The Hall–Kier alpha value is -4.42. The number of carbonyl (C=O) groups excluding carboxylic acids is 1. The maximum Gasteiger partial charge on any atom is 0.310 e. The molecule has 3 aromatic rings. The quantitative estimate of drug-likeness (QED) is 0.474. The smallest absolute Gasteiger partial charge is 0.310 e. The summed E-state index contributed by atoms with van der Waals surface area (Å²) in [6.07, 6.45) is 0. The molecule has 1 aliphatic carbocycles. The lowest BCUT2D eigenvalue weighted by Crippen LogP contribution is -2.40. The third-order valence-electron chi connectivity index (χ3n) is 7.63. The van der Waals surface area contributed by atoms with Crippen molar-refractivity contribution in [1.29, 1.82) is 5.26 Å². The molecule has 9 heteroatoms. The highest BCUT2D eigenvalue weighted by atomic mass is 16.7. The molecule has 3 aliphatic rings. The molecule has 1 unspecified atom stereocenters. The van der Waals surface area contributed by atoms with Crippen molar-refractivity contribution in [2.45, 2.75) is 18.5 Å². The molecule has 0 aromatic heterocycles. The Labute approximate surface area is 219 Å². The van der Waals surface area contributed by atoms with Gasteiger partial charge in [-0.15, -0.1) is 0 Å². The molecule has 4 atom stereocenters. The molecule has 6 rings (SSSR count). The lowest BCUT2D eigenvalue weighted by atomic mass is 9.65. The molecule has 194 valence electrons. The zero-order chi connectivity index (χ0) is 26.4. The highest BCUT2D eigenvalue weighted by Crippen LogP contribution is 2.55. The van der Waals surface area contributed by atoms with Crippen molar-refractivity contribution in [1.82, 2.24) is 5.32 Å². The molecule has 9 nitrogen and oxygen atoms in total. The number of esters is 1. The molecule has 38 heavy (non-hydrogen) atoms. The minimum atomic E-state index is -0.496. The second-order valence-electron chi connectivity index (χ2n) is 9.58.